The van der Waals surface area contributed by atoms with Crippen molar-refractivity contribution >= 4 is 39.9 Å². The molecule has 20 heavy (non-hydrogen) atoms. The van der Waals surface area contributed by atoms with Gasteiger partial charge >= 0.3 is 0 Å². The van der Waals surface area contributed by atoms with Crippen LogP contribution >= 0.6 is 23.2 Å². The summed E-state index contributed by atoms with van der Waals surface area (Å²) in [5.41, 5.74) is 1.04. The average molecular weight is 332 g/mol. The second kappa shape index (κ2) is 5.66. The molecule has 1 heterocycles. The summed E-state index contributed by atoms with van der Waals surface area (Å²) in [5, 5.41) is 1.22. The van der Waals surface area contributed by atoms with E-state index in [1.54, 1.807) is 6.07 Å². The van der Waals surface area contributed by atoms with Gasteiger partial charge in [0.2, 0.25) is 5.91 Å². The Morgan fingerprint density at radius 1 is 1.15 bits per heavy atom. The fourth-order valence-electron chi connectivity index (χ4n) is 2.72. The fourth-order valence-corrected chi connectivity index (χ4v) is 4.31. The summed E-state index contributed by atoms with van der Waals surface area (Å²) >= 11 is 12.0. The summed E-state index contributed by atoms with van der Waals surface area (Å²) in [5.74, 6) is 1.66. The number of benzene rings is 1. The van der Waals surface area contributed by atoms with Gasteiger partial charge in [0.25, 0.3) is 0 Å². The number of rotatable bonds is 2. The van der Waals surface area contributed by atoms with Crippen molar-refractivity contribution in [1.29, 1.82) is 0 Å². The van der Waals surface area contributed by atoms with Crippen LogP contribution in [-0.4, -0.2) is 39.6 Å². The van der Waals surface area contributed by atoms with Crippen LogP contribution in [-0.2, 0) is 15.6 Å². The smallest absolute Gasteiger partial charge is 0.226 e. The lowest BCUT2D eigenvalue weighted by atomic mass is 10.1. The van der Waals surface area contributed by atoms with Crippen LogP contribution in [0.3, 0.4) is 0 Å². The molecule has 2 aliphatic rings. The third-order valence-corrected chi connectivity index (χ3v) is 5.62. The first-order valence-electron chi connectivity index (χ1n) is 6.64. The van der Waals surface area contributed by atoms with Gasteiger partial charge in [0, 0.05) is 51.4 Å². The number of hydrogen-bond donors (Lipinski definition) is 0. The van der Waals surface area contributed by atoms with Crippen molar-refractivity contribution in [3.8, 4) is 0 Å². The molecule has 1 aliphatic carbocycles. The highest BCUT2D eigenvalue weighted by atomic mass is 35.5. The van der Waals surface area contributed by atoms with E-state index in [0.717, 1.165) is 12.0 Å². The highest BCUT2D eigenvalue weighted by molar-refractivity contribution is 7.85. The Labute approximate surface area is 130 Å². The Kier molecular flexibility index (Phi) is 4.07. The molecule has 2 atom stereocenters. The van der Waals surface area contributed by atoms with E-state index in [-0.39, 0.29) is 17.7 Å². The Morgan fingerprint density at radius 2 is 1.75 bits per heavy atom. The average Bonchev–Trinajstić information content (AvgIpc) is 3.18. The van der Waals surface area contributed by atoms with E-state index in [2.05, 4.69) is 0 Å². The highest BCUT2D eigenvalue weighted by Crippen LogP contribution is 2.49. The summed E-state index contributed by atoms with van der Waals surface area (Å²) in [7, 11) is -0.750. The third kappa shape index (κ3) is 3.02. The minimum atomic E-state index is -0.750. The zero-order chi connectivity index (χ0) is 14.3. The first kappa shape index (κ1) is 14.4. The van der Waals surface area contributed by atoms with E-state index in [1.807, 2.05) is 17.0 Å². The van der Waals surface area contributed by atoms with Crippen LogP contribution in [0.1, 0.15) is 17.9 Å². The SMILES string of the molecule is O=C([C@H]1C[C@H]1c1cc(Cl)cc(Cl)c1)N1CCS(=O)CC1. The number of carbonyl (C=O) groups is 1. The molecule has 2 fully saturated rings. The molecule has 1 saturated carbocycles. The van der Waals surface area contributed by atoms with Gasteiger partial charge in [-0.25, -0.2) is 0 Å². The molecule has 6 heteroatoms. The van der Waals surface area contributed by atoms with Gasteiger partial charge in [-0.15, -0.1) is 0 Å². The molecule has 0 bridgehead atoms. The maximum absolute atomic E-state index is 12.4. The van der Waals surface area contributed by atoms with Crippen molar-refractivity contribution < 1.29 is 9.00 Å². The van der Waals surface area contributed by atoms with Crippen molar-refractivity contribution in [2.24, 2.45) is 5.92 Å². The zero-order valence-electron chi connectivity index (χ0n) is 10.9. The van der Waals surface area contributed by atoms with Gasteiger partial charge in [-0.1, -0.05) is 23.2 Å². The topological polar surface area (TPSA) is 37.4 Å². The maximum atomic E-state index is 12.4. The normalized spacial score (nSPS) is 26.6. The van der Waals surface area contributed by atoms with Crippen molar-refractivity contribution in [3.63, 3.8) is 0 Å². The van der Waals surface area contributed by atoms with Gasteiger partial charge in [-0.05, 0) is 36.1 Å². The van der Waals surface area contributed by atoms with Crippen LogP contribution in [0, 0.1) is 5.92 Å². The Morgan fingerprint density at radius 3 is 2.35 bits per heavy atom. The zero-order valence-corrected chi connectivity index (χ0v) is 13.2. The molecule has 1 amide bonds. The predicted octanol–water partition coefficient (Wildman–Crippen LogP) is 2.69. The first-order valence-corrected chi connectivity index (χ1v) is 8.89. The second-order valence-electron chi connectivity index (χ2n) is 5.32. The van der Waals surface area contributed by atoms with E-state index in [0.29, 0.717) is 34.6 Å². The number of carbonyl (C=O) groups excluding carboxylic acids is 1. The largest absolute Gasteiger partial charge is 0.341 e. The van der Waals surface area contributed by atoms with Crippen LogP contribution in [0.25, 0.3) is 0 Å². The van der Waals surface area contributed by atoms with E-state index < -0.39 is 10.8 Å². The maximum Gasteiger partial charge on any atom is 0.226 e. The molecular formula is C14H15Cl2NO2S. The molecule has 3 rings (SSSR count). The quantitative estimate of drug-likeness (QED) is 0.835. The highest BCUT2D eigenvalue weighted by Gasteiger charge is 2.46. The summed E-state index contributed by atoms with van der Waals surface area (Å²) in [6, 6.07) is 5.47. The summed E-state index contributed by atoms with van der Waals surface area (Å²) < 4.78 is 11.3. The number of nitrogens with zero attached hydrogens (tertiary/aromatic N) is 1. The van der Waals surface area contributed by atoms with E-state index in [9.17, 15) is 9.00 Å². The third-order valence-electron chi connectivity index (χ3n) is 3.91. The standard InChI is InChI=1S/C14H15Cl2NO2S/c15-10-5-9(6-11(16)7-10)12-8-13(12)14(18)17-1-3-20(19)4-2-17/h5-7,12-13H,1-4,8H2/t12-,13-/m0/s1. The molecule has 1 aromatic rings. The minimum absolute atomic E-state index is 0.0380. The summed E-state index contributed by atoms with van der Waals surface area (Å²) in [6.45, 7) is 1.23. The lowest BCUT2D eigenvalue weighted by Crippen LogP contribution is -2.42. The molecule has 108 valence electrons. The molecule has 0 unspecified atom stereocenters. The Balaban J connectivity index is 1.66. The lowest BCUT2D eigenvalue weighted by Gasteiger charge is -2.26. The van der Waals surface area contributed by atoms with Crippen LogP contribution < -0.4 is 0 Å². The molecular weight excluding hydrogens is 317 g/mol. The predicted molar refractivity (Wildman–Crippen MR) is 81.8 cm³/mol. The molecule has 1 saturated heterocycles. The van der Waals surface area contributed by atoms with E-state index in [1.165, 1.54) is 0 Å². The number of halogens is 2. The number of hydrogen-bond acceptors (Lipinski definition) is 2. The van der Waals surface area contributed by atoms with Crippen LogP contribution in [0.15, 0.2) is 18.2 Å². The second-order valence-corrected chi connectivity index (χ2v) is 7.89. The van der Waals surface area contributed by atoms with Crippen molar-refractivity contribution in [2.75, 3.05) is 24.6 Å². The molecule has 0 aromatic heterocycles. The summed E-state index contributed by atoms with van der Waals surface area (Å²) in [4.78, 5) is 14.2. The van der Waals surface area contributed by atoms with Crippen molar-refractivity contribution in [3.05, 3.63) is 33.8 Å². The van der Waals surface area contributed by atoms with E-state index >= 15 is 0 Å². The van der Waals surface area contributed by atoms with Gasteiger partial charge in [-0.2, -0.15) is 0 Å². The van der Waals surface area contributed by atoms with Crippen LogP contribution in [0.5, 0.6) is 0 Å². The lowest BCUT2D eigenvalue weighted by molar-refractivity contribution is -0.132. The van der Waals surface area contributed by atoms with Gasteiger partial charge in [0.05, 0.1) is 0 Å². The van der Waals surface area contributed by atoms with Crippen molar-refractivity contribution in [2.45, 2.75) is 12.3 Å². The van der Waals surface area contributed by atoms with Crippen LogP contribution in [0.2, 0.25) is 10.0 Å². The van der Waals surface area contributed by atoms with Gasteiger partial charge in [0.1, 0.15) is 0 Å². The molecule has 1 aromatic carbocycles. The van der Waals surface area contributed by atoms with Gasteiger partial charge in [-0.3, -0.25) is 9.00 Å². The molecule has 1 aliphatic heterocycles. The number of amides is 1. The Hall–Kier alpha value is -0.580. The fraction of sp³-hybridized carbons (Fsp3) is 0.500. The van der Waals surface area contributed by atoms with Crippen LogP contribution in [0.4, 0.5) is 0 Å². The van der Waals surface area contributed by atoms with Gasteiger partial charge < -0.3 is 4.90 Å². The molecule has 0 spiro atoms. The van der Waals surface area contributed by atoms with Crippen molar-refractivity contribution in [1.82, 2.24) is 4.90 Å². The van der Waals surface area contributed by atoms with Gasteiger partial charge in [0.15, 0.2) is 0 Å². The monoisotopic (exact) mass is 331 g/mol. The molecule has 3 nitrogen and oxygen atoms in total. The molecule has 0 N–H and O–H groups in total. The first-order chi connectivity index (χ1) is 9.54. The van der Waals surface area contributed by atoms with E-state index in [4.69, 9.17) is 23.2 Å². The Bertz CT molecular complexity index is 548. The minimum Gasteiger partial charge on any atom is -0.341 e. The molecule has 0 radical (unpaired) electrons. The summed E-state index contributed by atoms with van der Waals surface area (Å²) in [6.07, 6.45) is 0.856.